The quantitative estimate of drug-likeness (QED) is 0.708. The van der Waals surface area contributed by atoms with Crippen LogP contribution in [0.25, 0.3) is 0 Å². The molecule has 0 aromatic heterocycles. The van der Waals surface area contributed by atoms with Crippen LogP contribution in [0.3, 0.4) is 0 Å². The van der Waals surface area contributed by atoms with Gasteiger partial charge in [0.05, 0.1) is 6.61 Å². The molecule has 0 atom stereocenters. The Morgan fingerprint density at radius 3 is 2.57 bits per heavy atom. The van der Waals surface area contributed by atoms with Gasteiger partial charge in [0, 0.05) is 0 Å². The summed E-state index contributed by atoms with van der Waals surface area (Å²) in [7, 11) is 0. The van der Waals surface area contributed by atoms with Crippen LogP contribution < -0.4 is 4.74 Å². The molecule has 0 bridgehead atoms. The molecule has 0 saturated heterocycles. The van der Waals surface area contributed by atoms with E-state index < -0.39 is 0 Å². The number of hydrogen-bond acceptors (Lipinski definition) is 1. The molecule has 0 radical (unpaired) electrons. The minimum absolute atomic E-state index is 0.583. The molecule has 1 heteroatoms. The predicted octanol–water partition coefficient (Wildman–Crippen LogP) is 3.59. The molecule has 0 aliphatic carbocycles. The van der Waals surface area contributed by atoms with E-state index in [1.807, 2.05) is 0 Å². The Labute approximate surface area is 87.1 Å². The number of benzene rings is 1. The fraction of sp³-hybridized carbons (Fsp3) is 0.538. The molecular formula is C13H20O. The first-order valence-electron chi connectivity index (χ1n) is 5.36. The second kappa shape index (κ2) is 5.04. The van der Waals surface area contributed by atoms with Gasteiger partial charge in [-0.15, -0.1) is 0 Å². The fourth-order valence-electron chi connectivity index (χ4n) is 1.46. The van der Waals surface area contributed by atoms with Crippen LogP contribution in [0.4, 0.5) is 0 Å². The molecule has 14 heavy (non-hydrogen) atoms. The third-order valence-corrected chi connectivity index (χ3v) is 2.35. The van der Waals surface area contributed by atoms with Crippen LogP contribution in [-0.4, -0.2) is 6.61 Å². The Bertz CT molecular complexity index is 289. The van der Waals surface area contributed by atoms with Crippen molar-refractivity contribution >= 4 is 0 Å². The molecule has 0 aliphatic heterocycles. The summed E-state index contributed by atoms with van der Waals surface area (Å²) in [5, 5.41) is 0. The van der Waals surface area contributed by atoms with E-state index in [9.17, 15) is 0 Å². The lowest BCUT2D eigenvalue weighted by atomic mass is 10.1. The van der Waals surface area contributed by atoms with Crippen molar-refractivity contribution in [2.24, 2.45) is 5.92 Å². The van der Waals surface area contributed by atoms with Crippen molar-refractivity contribution in [1.29, 1.82) is 0 Å². The van der Waals surface area contributed by atoms with Gasteiger partial charge in [0.25, 0.3) is 0 Å². The highest BCUT2D eigenvalue weighted by atomic mass is 16.5. The van der Waals surface area contributed by atoms with E-state index in [0.717, 1.165) is 18.8 Å². The van der Waals surface area contributed by atoms with E-state index >= 15 is 0 Å². The Morgan fingerprint density at radius 2 is 2.00 bits per heavy atom. The summed E-state index contributed by atoms with van der Waals surface area (Å²) in [6.07, 6.45) is 1.07. The smallest absolute Gasteiger partial charge is 0.122 e. The van der Waals surface area contributed by atoms with Gasteiger partial charge >= 0.3 is 0 Å². The van der Waals surface area contributed by atoms with Gasteiger partial charge in [-0.05, 0) is 36.5 Å². The van der Waals surface area contributed by atoms with Crippen LogP contribution in [0.5, 0.6) is 5.75 Å². The van der Waals surface area contributed by atoms with Crippen LogP contribution >= 0.6 is 0 Å². The first kappa shape index (κ1) is 11.1. The summed E-state index contributed by atoms with van der Waals surface area (Å²) in [5.41, 5.74) is 2.67. The molecular weight excluding hydrogens is 172 g/mol. The highest BCUT2D eigenvalue weighted by molar-refractivity contribution is 5.39. The van der Waals surface area contributed by atoms with E-state index in [4.69, 9.17) is 4.74 Å². The second-order valence-electron chi connectivity index (χ2n) is 4.10. The minimum Gasteiger partial charge on any atom is -0.493 e. The highest BCUT2D eigenvalue weighted by Gasteiger charge is 2.03. The Balaban J connectivity index is 2.76. The van der Waals surface area contributed by atoms with E-state index in [1.54, 1.807) is 0 Å². The lowest BCUT2D eigenvalue weighted by Crippen LogP contribution is -2.06. The van der Waals surface area contributed by atoms with Gasteiger partial charge in [-0.1, -0.05) is 32.9 Å². The molecule has 0 aliphatic rings. The van der Waals surface area contributed by atoms with E-state index in [0.29, 0.717) is 5.92 Å². The largest absolute Gasteiger partial charge is 0.493 e. The fourth-order valence-corrected chi connectivity index (χ4v) is 1.46. The van der Waals surface area contributed by atoms with Crippen molar-refractivity contribution in [3.8, 4) is 5.75 Å². The van der Waals surface area contributed by atoms with Crippen molar-refractivity contribution in [2.75, 3.05) is 6.61 Å². The number of hydrogen-bond donors (Lipinski definition) is 0. The monoisotopic (exact) mass is 192 g/mol. The number of ether oxygens (including phenoxy) is 1. The molecule has 0 spiro atoms. The third-order valence-electron chi connectivity index (χ3n) is 2.35. The summed E-state index contributed by atoms with van der Waals surface area (Å²) in [6, 6.07) is 6.29. The Morgan fingerprint density at radius 1 is 1.29 bits per heavy atom. The number of rotatable bonds is 4. The maximum absolute atomic E-state index is 5.74. The zero-order chi connectivity index (χ0) is 10.6. The highest BCUT2D eigenvalue weighted by Crippen LogP contribution is 2.22. The van der Waals surface area contributed by atoms with Crippen LogP contribution in [-0.2, 0) is 6.42 Å². The van der Waals surface area contributed by atoms with Crippen molar-refractivity contribution in [3.63, 3.8) is 0 Å². The van der Waals surface area contributed by atoms with E-state index in [2.05, 4.69) is 45.9 Å². The zero-order valence-corrected chi connectivity index (χ0v) is 9.63. The topological polar surface area (TPSA) is 9.23 Å². The average Bonchev–Trinajstić information content (AvgIpc) is 2.16. The lowest BCUT2D eigenvalue weighted by Gasteiger charge is -2.13. The molecule has 1 nitrogen and oxygen atoms in total. The molecule has 1 rings (SSSR count). The molecule has 0 N–H and O–H groups in total. The maximum Gasteiger partial charge on any atom is 0.122 e. The normalized spacial score (nSPS) is 10.6. The first-order chi connectivity index (χ1) is 6.65. The van der Waals surface area contributed by atoms with Crippen molar-refractivity contribution in [1.82, 2.24) is 0 Å². The van der Waals surface area contributed by atoms with Crippen LogP contribution in [0.1, 0.15) is 31.9 Å². The van der Waals surface area contributed by atoms with Gasteiger partial charge in [-0.3, -0.25) is 0 Å². The molecule has 78 valence electrons. The second-order valence-corrected chi connectivity index (χ2v) is 4.10. The summed E-state index contributed by atoms with van der Waals surface area (Å²) in [5.74, 6) is 1.62. The predicted molar refractivity (Wildman–Crippen MR) is 60.9 cm³/mol. The lowest BCUT2D eigenvalue weighted by molar-refractivity contribution is 0.269. The van der Waals surface area contributed by atoms with Crippen molar-refractivity contribution < 1.29 is 4.74 Å². The summed E-state index contributed by atoms with van der Waals surface area (Å²) >= 11 is 0. The van der Waals surface area contributed by atoms with Crippen molar-refractivity contribution in [3.05, 3.63) is 29.3 Å². The zero-order valence-electron chi connectivity index (χ0n) is 9.63. The first-order valence-corrected chi connectivity index (χ1v) is 5.36. The minimum atomic E-state index is 0.583. The molecule has 0 fully saturated rings. The molecule has 1 aromatic rings. The van der Waals surface area contributed by atoms with E-state index in [-0.39, 0.29) is 0 Å². The third kappa shape index (κ3) is 2.76. The van der Waals surface area contributed by atoms with Gasteiger partial charge in [-0.25, -0.2) is 0 Å². The van der Waals surface area contributed by atoms with Gasteiger partial charge < -0.3 is 4.74 Å². The summed E-state index contributed by atoms with van der Waals surface area (Å²) < 4.78 is 5.74. The summed E-state index contributed by atoms with van der Waals surface area (Å²) in [6.45, 7) is 9.44. The maximum atomic E-state index is 5.74. The average molecular weight is 192 g/mol. The summed E-state index contributed by atoms with van der Waals surface area (Å²) in [4.78, 5) is 0. The molecule has 0 unspecified atom stereocenters. The Kier molecular flexibility index (Phi) is 3.99. The van der Waals surface area contributed by atoms with Gasteiger partial charge in [0.2, 0.25) is 0 Å². The SMILES string of the molecule is CCc1cccc(OCC(C)C)c1C. The van der Waals surface area contributed by atoms with Gasteiger partial charge in [-0.2, -0.15) is 0 Å². The van der Waals surface area contributed by atoms with Crippen LogP contribution in [0.2, 0.25) is 0 Å². The number of aryl methyl sites for hydroxylation is 1. The Hall–Kier alpha value is -0.980. The molecule has 0 saturated carbocycles. The van der Waals surface area contributed by atoms with Gasteiger partial charge in [0.15, 0.2) is 0 Å². The van der Waals surface area contributed by atoms with Gasteiger partial charge in [0.1, 0.15) is 5.75 Å². The van der Waals surface area contributed by atoms with Crippen molar-refractivity contribution in [2.45, 2.75) is 34.1 Å². The van der Waals surface area contributed by atoms with Crippen LogP contribution in [0, 0.1) is 12.8 Å². The van der Waals surface area contributed by atoms with Crippen LogP contribution in [0.15, 0.2) is 18.2 Å². The molecule has 1 aromatic carbocycles. The molecule has 0 heterocycles. The standard InChI is InChI=1S/C13H20O/c1-5-12-7-6-8-13(11(12)4)14-9-10(2)3/h6-8,10H,5,9H2,1-4H3. The molecule has 0 amide bonds. The van der Waals surface area contributed by atoms with E-state index in [1.165, 1.54) is 11.1 Å².